The molecule has 5 heteroatoms. The quantitative estimate of drug-likeness (QED) is 0.799. The minimum absolute atomic E-state index is 0.174. The molecular formula is C12H17IN2O2. The fourth-order valence-electron chi connectivity index (χ4n) is 1.34. The molecule has 1 aromatic rings. The number of ether oxygens (including phenoxy) is 1. The number of hydrogen-bond donors (Lipinski definition) is 2. The molecule has 1 atom stereocenters. The number of nitrogens with one attached hydrogen (secondary N) is 1. The van der Waals surface area contributed by atoms with Crippen molar-refractivity contribution in [3.63, 3.8) is 0 Å². The van der Waals surface area contributed by atoms with Crippen molar-refractivity contribution in [2.45, 2.75) is 19.4 Å². The van der Waals surface area contributed by atoms with E-state index in [1.807, 2.05) is 25.1 Å². The zero-order chi connectivity index (χ0) is 12.8. The number of anilines is 1. The molecule has 0 saturated carbocycles. The number of carbonyl (C=O) groups is 1. The summed E-state index contributed by atoms with van der Waals surface area (Å²) in [6, 6.07) is 5.24. The molecule has 0 aliphatic rings. The van der Waals surface area contributed by atoms with E-state index in [0.717, 1.165) is 14.8 Å². The Morgan fingerprint density at radius 3 is 2.94 bits per heavy atom. The molecule has 0 aromatic heterocycles. The molecule has 0 radical (unpaired) electrons. The molecule has 17 heavy (non-hydrogen) atoms. The fraction of sp³-hybridized carbons (Fsp3) is 0.417. The molecule has 1 aromatic carbocycles. The van der Waals surface area contributed by atoms with Crippen LogP contribution in [0.25, 0.3) is 0 Å². The first-order chi connectivity index (χ1) is 8.06. The summed E-state index contributed by atoms with van der Waals surface area (Å²) < 4.78 is 6.01. The smallest absolute Gasteiger partial charge is 0.241 e. The number of halogens is 1. The van der Waals surface area contributed by atoms with Crippen molar-refractivity contribution in [3.05, 3.63) is 27.3 Å². The fourth-order valence-corrected chi connectivity index (χ4v) is 1.84. The third kappa shape index (κ3) is 4.25. The lowest BCUT2D eigenvalue weighted by Crippen LogP contribution is -2.36. The summed E-state index contributed by atoms with van der Waals surface area (Å²) in [4.78, 5) is 11.8. The minimum atomic E-state index is -0.535. The average molecular weight is 348 g/mol. The largest absolute Gasteiger partial charge is 0.385 e. The SMILES string of the molecule is COCCC(N)C(=O)Nc1cccc(I)c1C. The van der Waals surface area contributed by atoms with Gasteiger partial charge in [-0.05, 0) is 53.6 Å². The number of rotatable bonds is 5. The minimum Gasteiger partial charge on any atom is -0.385 e. The van der Waals surface area contributed by atoms with Crippen LogP contribution in [0.4, 0.5) is 5.69 Å². The third-order valence-electron chi connectivity index (χ3n) is 2.50. The normalized spacial score (nSPS) is 12.2. The van der Waals surface area contributed by atoms with Crippen LogP contribution in [0.1, 0.15) is 12.0 Å². The standard InChI is InChI=1S/C12H17IN2O2/c1-8-9(13)4-3-5-11(8)15-12(16)10(14)6-7-17-2/h3-5,10H,6-7,14H2,1-2H3,(H,15,16). The average Bonchev–Trinajstić information content (AvgIpc) is 2.31. The Kier molecular flexibility index (Phi) is 5.87. The lowest BCUT2D eigenvalue weighted by molar-refractivity contribution is -0.117. The summed E-state index contributed by atoms with van der Waals surface area (Å²) in [7, 11) is 1.59. The lowest BCUT2D eigenvalue weighted by atomic mass is 10.1. The first-order valence-electron chi connectivity index (χ1n) is 5.36. The maximum absolute atomic E-state index is 11.8. The van der Waals surface area contributed by atoms with Gasteiger partial charge in [0.1, 0.15) is 0 Å². The molecule has 0 saturated heterocycles. The maximum Gasteiger partial charge on any atom is 0.241 e. The van der Waals surface area contributed by atoms with Crippen molar-refractivity contribution < 1.29 is 9.53 Å². The molecule has 4 nitrogen and oxygen atoms in total. The van der Waals surface area contributed by atoms with Gasteiger partial charge in [-0.3, -0.25) is 4.79 Å². The molecule has 0 aliphatic carbocycles. The first-order valence-corrected chi connectivity index (χ1v) is 6.44. The molecule has 1 amide bonds. The van der Waals surface area contributed by atoms with Crippen LogP contribution in [-0.4, -0.2) is 25.7 Å². The number of amides is 1. The Hall–Kier alpha value is -0.660. The van der Waals surface area contributed by atoms with Crippen molar-refractivity contribution in [1.29, 1.82) is 0 Å². The van der Waals surface area contributed by atoms with Crippen LogP contribution in [0.3, 0.4) is 0 Å². The van der Waals surface area contributed by atoms with Gasteiger partial charge in [-0.2, -0.15) is 0 Å². The van der Waals surface area contributed by atoms with Crippen molar-refractivity contribution in [3.8, 4) is 0 Å². The van der Waals surface area contributed by atoms with Crippen LogP contribution >= 0.6 is 22.6 Å². The predicted molar refractivity (Wildman–Crippen MR) is 77.0 cm³/mol. The maximum atomic E-state index is 11.8. The van der Waals surface area contributed by atoms with Crippen LogP contribution in [-0.2, 0) is 9.53 Å². The van der Waals surface area contributed by atoms with Gasteiger partial charge in [0, 0.05) is 23.0 Å². The van der Waals surface area contributed by atoms with E-state index in [1.165, 1.54) is 0 Å². The van der Waals surface area contributed by atoms with Crippen LogP contribution in [0, 0.1) is 10.5 Å². The highest BCUT2D eigenvalue weighted by atomic mass is 127. The topological polar surface area (TPSA) is 64.3 Å². The highest BCUT2D eigenvalue weighted by molar-refractivity contribution is 14.1. The molecule has 0 fully saturated rings. The number of methoxy groups -OCH3 is 1. The molecule has 94 valence electrons. The number of hydrogen-bond acceptors (Lipinski definition) is 3. The van der Waals surface area contributed by atoms with Crippen LogP contribution in [0.15, 0.2) is 18.2 Å². The van der Waals surface area contributed by atoms with Gasteiger partial charge in [-0.15, -0.1) is 0 Å². The van der Waals surface area contributed by atoms with E-state index in [9.17, 15) is 4.79 Å². The van der Waals surface area contributed by atoms with Gasteiger partial charge < -0.3 is 15.8 Å². The lowest BCUT2D eigenvalue weighted by Gasteiger charge is -2.14. The van der Waals surface area contributed by atoms with E-state index in [1.54, 1.807) is 7.11 Å². The second-order valence-corrected chi connectivity index (χ2v) is 4.95. The van der Waals surface area contributed by atoms with E-state index >= 15 is 0 Å². The first kappa shape index (κ1) is 14.4. The van der Waals surface area contributed by atoms with Crippen LogP contribution in [0.2, 0.25) is 0 Å². The summed E-state index contributed by atoms with van der Waals surface area (Å²) in [5, 5.41) is 2.84. The monoisotopic (exact) mass is 348 g/mol. The van der Waals surface area contributed by atoms with Gasteiger partial charge in [-0.1, -0.05) is 6.07 Å². The molecule has 0 heterocycles. The second-order valence-electron chi connectivity index (χ2n) is 3.79. The van der Waals surface area contributed by atoms with Gasteiger partial charge in [0.15, 0.2) is 0 Å². The predicted octanol–water partition coefficient (Wildman–Crippen LogP) is 1.90. The van der Waals surface area contributed by atoms with Gasteiger partial charge in [-0.25, -0.2) is 0 Å². The van der Waals surface area contributed by atoms with Crippen molar-refractivity contribution in [2.75, 3.05) is 19.0 Å². The number of benzene rings is 1. The molecule has 0 aliphatic heterocycles. The molecule has 0 bridgehead atoms. The Morgan fingerprint density at radius 2 is 2.29 bits per heavy atom. The summed E-state index contributed by atoms with van der Waals surface area (Å²) in [5.41, 5.74) is 7.62. The van der Waals surface area contributed by atoms with Crippen LogP contribution in [0.5, 0.6) is 0 Å². The Labute approximate surface area is 115 Å². The van der Waals surface area contributed by atoms with Gasteiger partial charge >= 0.3 is 0 Å². The van der Waals surface area contributed by atoms with Crippen LogP contribution < -0.4 is 11.1 Å². The highest BCUT2D eigenvalue weighted by Gasteiger charge is 2.14. The molecular weight excluding hydrogens is 331 g/mol. The third-order valence-corrected chi connectivity index (χ3v) is 3.66. The highest BCUT2D eigenvalue weighted by Crippen LogP contribution is 2.20. The zero-order valence-corrected chi connectivity index (χ0v) is 12.2. The Balaban J connectivity index is 2.64. The van der Waals surface area contributed by atoms with Gasteiger partial charge in [0.05, 0.1) is 6.04 Å². The van der Waals surface area contributed by atoms with Crippen molar-refractivity contribution in [1.82, 2.24) is 0 Å². The molecule has 1 unspecified atom stereocenters. The molecule has 1 rings (SSSR count). The van der Waals surface area contributed by atoms with E-state index < -0.39 is 6.04 Å². The summed E-state index contributed by atoms with van der Waals surface area (Å²) >= 11 is 2.23. The van der Waals surface area contributed by atoms with Gasteiger partial charge in [0.2, 0.25) is 5.91 Å². The van der Waals surface area contributed by atoms with E-state index in [4.69, 9.17) is 10.5 Å². The van der Waals surface area contributed by atoms with E-state index in [-0.39, 0.29) is 5.91 Å². The van der Waals surface area contributed by atoms with Crippen molar-refractivity contribution >= 4 is 34.2 Å². The van der Waals surface area contributed by atoms with E-state index in [0.29, 0.717) is 13.0 Å². The molecule has 0 spiro atoms. The van der Waals surface area contributed by atoms with Gasteiger partial charge in [0.25, 0.3) is 0 Å². The Bertz CT molecular complexity index is 396. The number of carbonyl (C=O) groups excluding carboxylic acids is 1. The van der Waals surface area contributed by atoms with E-state index in [2.05, 4.69) is 27.9 Å². The summed E-state index contributed by atoms with van der Waals surface area (Å²) in [5.74, 6) is -0.174. The Morgan fingerprint density at radius 1 is 1.59 bits per heavy atom. The molecule has 3 N–H and O–H groups in total. The number of nitrogens with two attached hydrogens (primary N) is 1. The zero-order valence-electron chi connectivity index (χ0n) is 10.00. The van der Waals surface area contributed by atoms with Crippen molar-refractivity contribution in [2.24, 2.45) is 5.73 Å². The second kappa shape index (κ2) is 6.93. The summed E-state index contributed by atoms with van der Waals surface area (Å²) in [6.45, 7) is 2.46. The summed E-state index contributed by atoms with van der Waals surface area (Å²) in [6.07, 6.45) is 0.519.